The topological polar surface area (TPSA) is 80.3 Å². The van der Waals surface area contributed by atoms with E-state index in [9.17, 15) is 9.59 Å². The third-order valence-electron chi connectivity index (χ3n) is 5.32. The lowest BCUT2D eigenvalue weighted by Crippen LogP contribution is -2.41. The van der Waals surface area contributed by atoms with Crippen molar-refractivity contribution < 1.29 is 14.3 Å². The van der Waals surface area contributed by atoms with Gasteiger partial charge in [0.2, 0.25) is 5.91 Å². The molecule has 1 aromatic heterocycles. The fourth-order valence-electron chi connectivity index (χ4n) is 3.70. The molecule has 2 N–H and O–H groups in total. The molecule has 0 radical (unpaired) electrons. The van der Waals surface area contributed by atoms with Crippen molar-refractivity contribution in [2.24, 2.45) is 5.41 Å². The minimum Gasteiger partial charge on any atom is -0.445 e. The molecule has 148 valence electrons. The molecular weight excluding hydrogens is 354 g/mol. The quantitative estimate of drug-likeness (QED) is 0.750. The predicted molar refractivity (Wildman–Crippen MR) is 108 cm³/mol. The van der Waals surface area contributed by atoms with Crippen molar-refractivity contribution in [2.75, 3.05) is 11.9 Å². The van der Waals surface area contributed by atoms with Crippen molar-refractivity contribution in [2.45, 2.75) is 45.1 Å². The number of rotatable bonds is 7. The largest absolute Gasteiger partial charge is 0.445 e. The molecule has 1 fully saturated rings. The van der Waals surface area contributed by atoms with Gasteiger partial charge in [0, 0.05) is 24.6 Å². The number of anilines is 1. The Morgan fingerprint density at radius 2 is 1.71 bits per heavy atom. The van der Waals surface area contributed by atoms with Crippen LogP contribution in [0.3, 0.4) is 0 Å². The van der Waals surface area contributed by atoms with Gasteiger partial charge < -0.3 is 15.4 Å². The fraction of sp³-hybridized carbons (Fsp3) is 0.409. The molecule has 0 unspecified atom stereocenters. The number of alkyl carbamates (subject to hydrolysis) is 1. The minimum absolute atomic E-state index is 0.0258. The Labute approximate surface area is 165 Å². The Morgan fingerprint density at radius 3 is 2.43 bits per heavy atom. The van der Waals surface area contributed by atoms with Crippen LogP contribution in [0.1, 0.15) is 44.1 Å². The number of carbonyl (C=O) groups is 2. The van der Waals surface area contributed by atoms with Crippen LogP contribution < -0.4 is 10.6 Å². The normalized spacial score (nSPS) is 15.4. The number of carbonyl (C=O) groups excluding carboxylic acids is 2. The summed E-state index contributed by atoms with van der Waals surface area (Å²) in [6.45, 7) is 0.651. The molecule has 0 spiro atoms. The molecule has 0 aliphatic heterocycles. The highest BCUT2D eigenvalue weighted by Crippen LogP contribution is 2.40. The number of hydrogen-bond acceptors (Lipinski definition) is 4. The van der Waals surface area contributed by atoms with Crippen LogP contribution in [0.4, 0.5) is 10.5 Å². The van der Waals surface area contributed by atoms with E-state index >= 15 is 0 Å². The van der Waals surface area contributed by atoms with E-state index in [0.717, 1.165) is 43.4 Å². The predicted octanol–water partition coefficient (Wildman–Crippen LogP) is 4.29. The minimum atomic E-state index is -0.454. The van der Waals surface area contributed by atoms with Crippen molar-refractivity contribution in [3.05, 3.63) is 60.4 Å². The molecule has 1 saturated carbocycles. The second kappa shape index (κ2) is 9.88. The van der Waals surface area contributed by atoms with E-state index in [-0.39, 0.29) is 12.5 Å². The Bertz CT molecular complexity index is 759. The van der Waals surface area contributed by atoms with Gasteiger partial charge in [-0.1, -0.05) is 49.6 Å². The first-order chi connectivity index (χ1) is 13.7. The van der Waals surface area contributed by atoms with Crippen molar-refractivity contribution in [1.82, 2.24) is 10.3 Å². The van der Waals surface area contributed by atoms with Crippen LogP contribution in [0.15, 0.2) is 54.9 Å². The number of aromatic nitrogens is 1. The summed E-state index contributed by atoms with van der Waals surface area (Å²) in [5.74, 6) is 0.0258. The smallest absolute Gasteiger partial charge is 0.407 e. The number of pyridine rings is 1. The second-order valence-electron chi connectivity index (χ2n) is 7.27. The van der Waals surface area contributed by atoms with Gasteiger partial charge in [0.05, 0.1) is 5.41 Å². The first kappa shape index (κ1) is 19.9. The number of ether oxygens (including phenoxy) is 1. The van der Waals surface area contributed by atoms with E-state index in [0.29, 0.717) is 13.0 Å². The number of hydrogen-bond donors (Lipinski definition) is 2. The standard InChI is InChI=1S/C22H27N3O3/c26-20(25-19-9-14-23-15-10-19)22(11-5-2-6-12-22)13-16-24-21(27)28-17-18-7-3-1-4-8-18/h1,3-4,7-10,14-15H,2,5-6,11-13,16-17H2,(H,24,27)(H,23,25,26). The van der Waals surface area contributed by atoms with Gasteiger partial charge in [-0.05, 0) is 37.0 Å². The molecule has 0 saturated heterocycles. The third-order valence-corrected chi connectivity index (χ3v) is 5.32. The Morgan fingerprint density at radius 1 is 1.00 bits per heavy atom. The van der Waals surface area contributed by atoms with Crippen molar-refractivity contribution in [3.63, 3.8) is 0 Å². The Kier molecular flexibility index (Phi) is 7.00. The molecule has 1 heterocycles. The van der Waals surface area contributed by atoms with E-state index in [2.05, 4.69) is 15.6 Å². The summed E-state index contributed by atoms with van der Waals surface area (Å²) in [6, 6.07) is 13.1. The highest BCUT2D eigenvalue weighted by Gasteiger charge is 2.39. The summed E-state index contributed by atoms with van der Waals surface area (Å²) in [5.41, 5.74) is 1.24. The van der Waals surface area contributed by atoms with Gasteiger partial charge in [-0.25, -0.2) is 4.79 Å². The lowest BCUT2D eigenvalue weighted by atomic mass is 9.71. The zero-order chi connectivity index (χ0) is 19.7. The van der Waals surface area contributed by atoms with Crippen LogP contribution in [0.5, 0.6) is 0 Å². The molecule has 2 amide bonds. The lowest BCUT2D eigenvalue weighted by molar-refractivity contribution is -0.127. The van der Waals surface area contributed by atoms with E-state index in [1.54, 1.807) is 24.5 Å². The molecule has 1 aromatic carbocycles. The molecule has 0 atom stereocenters. The summed E-state index contributed by atoms with van der Waals surface area (Å²) in [5, 5.41) is 5.81. The molecule has 0 bridgehead atoms. The Balaban J connectivity index is 1.51. The first-order valence-electron chi connectivity index (χ1n) is 9.84. The summed E-state index contributed by atoms with van der Waals surface area (Å²) < 4.78 is 5.25. The highest BCUT2D eigenvalue weighted by molar-refractivity contribution is 5.95. The molecule has 3 rings (SSSR count). The summed E-state index contributed by atoms with van der Waals surface area (Å²) in [6.07, 6.45) is 8.35. The monoisotopic (exact) mass is 381 g/mol. The SMILES string of the molecule is O=C(NCCC1(C(=O)Nc2ccncc2)CCCCC1)OCc1ccccc1. The molecule has 6 nitrogen and oxygen atoms in total. The van der Waals surface area contributed by atoms with Crippen LogP contribution in [-0.4, -0.2) is 23.5 Å². The van der Waals surface area contributed by atoms with Gasteiger partial charge in [0.25, 0.3) is 0 Å². The average molecular weight is 381 g/mol. The molecule has 2 aromatic rings. The van der Waals surface area contributed by atoms with E-state index in [4.69, 9.17) is 4.74 Å². The van der Waals surface area contributed by atoms with Gasteiger partial charge in [0.1, 0.15) is 6.61 Å². The molecule has 28 heavy (non-hydrogen) atoms. The van der Waals surface area contributed by atoms with E-state index < -0.39 is 11.5 Å². The maximum atomic E-state index is 13.0. The maximum absolute atomic E-state index is 13.0. The van der Waals surface area contributed by atoms with Crippen LogP contribution in [0, 0.1) is 5.41 Å². The molecule has 1 aliphatic carbocycles. The van der Waals surface area contributed by atoms with Gasteiger partial charge in [0.15, 0.2) is 0 Å². The van der Waals surface area contributed by atoms with E-state index in [1.807, 2.05) is 30.3 Å². The summed E-state index contributed by atoms with van der Waals surface area (Å²) in [7, 11) is 0. The van der Waals surface area contributed by atoms with Crippen molar-refractivity contribution in [3.8, 4) is 0 Å². The van der Waals surface area contributed by atoms with Crippen molar-refractivity contribution in [1.29, 1.82) is 0 Å². The summed E-state index contributed by atoms with van der Waals surface area (Å²) >= 11 is 0. The highest BCUT2D eigenvalue weighted by atomic mass is 16.5. The molecular formula is C22H27N3O3. The maximum Gasteiger partial charge on any atom is 0.407 e. The first-order valence-corrected chi connectivity index (χ1v) is 9.84. The van der Waals surface area contributed by atoms with Crippen LogP contribution in [-0.2, 0) is 16.1 Å². The fourth-order valence-corrected chi connectivity index (χ4v) is 3.70. The number of nitrogens with zero attached hydrogens (tertiary/aromatic N) is 1. The summed E-state index contributed by atoms with van der Waals surface area (Å²) in [4.78, 5) is 29.0. The molecule has 1 aliphatic rings. The zero-order valence-corrected chi connectivity index (χ0v) is 16.0. The van der Waals surface area contributed by atoms with Gasteiger partial charge in [-0.15, -0.1) is 0 Å². The third kappa shape index (κ3) is 5.55. The second-order valence-corrected chi connectivity index (χ2v) is 7.27. The van der Waals surface area contributed by atoms with E-state index in [1.165, 1.54) is 0 Å². The molecule has 6 heteroatoms. The zero-order valence-electron chi connectivity index (χ0n) is 16.0. The van der Waals surface area contributed by atoms with Gasteiger partial charge in [-0.2, -0.15) is 0 Å². The number of benzene rings is 1. The van der Waals surface area contributed by atoms with Crippen LogP contribution in [0.2, 0.25) is 0 Å². The average Bonchev–Trinajstić information content (AvgIpc) is 2.74. The van der Waals surface area contributed by atoms with Crippen LogP contribution in [0.25, 0.3) is 0 Å². The Hall–Kier alpha value is -2.89. The number of nitrogens with one attached hydrogen (secondary N) is 2. The lowest BCUT2D eigenvalue weighted by Gasteiger charge is -2.36. The van der Waals surface area contributed by atoms with Gasteiger partial charge >= 0.3 is 6.09 Å². The van der Waals surface area contributed by atoms with Crippen molar-refractivity contribution >= 4 is 17.7 Å². The number of amides is 2. The van der Waals surface area contributed by atoms with Crippen LogP contribution >= 0.6 is 0 Å². The van der Waals surface area contributed by atoms with Gasteiger partial charge in [-0.3, -0.25) is 9.78 Å².